The molecule has 0 aliphatic heterocycles. The summed E-state index contributed by atoms with van der Waals surface area (Å²) >= 11 is 0. The molecule has 6 heteroatoms. The Morgan fingerprint density at radius 1 is 1.24 bits per heavy atom. The lowest BCUT2D eigenvalue weighted by atomic mass is 10.1. The molecule has 0 fully saturated rings. The van der Waals surface area contributed by atoms with E-state index >= 15 is 0 Å². The molecule has 0 radical (unpaired) electrons. The van der Waals surface area contributed by atoms with Crippen LogP contribution in [-0.2, 0) is 14.6 Å². The highest BCUT2D eigenvalue weighted by molar-refractivity contribution is 7.92. The van der Waals surface area contributed by atoms with E-state index in [0.29, 0.717) is 13.0 Å². The standard InChI is InChI=1S/C11H23NO4S/c1-11(2,17(4,15)16)10(14)12(3)8-6-5-7-9-13/h13H,5-9H2,1-4H3. The number of rotatable bonds is 7. The Balaban J connectivity index is 4.41. The van der Waals surface area contributed by atoms with E-state index in [1.807, 2.05) is 0 Å². The zero-order valence-corrected chi connectivity index (χ0v) is 11.9. The molecule has 0 heterocycles. The predicted molar refractivity (Wildman–Crippen MR) is 67.5 cm³/mol. The summed E-state index contributed by atoms with van der Waals surface area (Å²) in [5, 5.41) is 8.62. The zero-order valence-electron chi connectivity index (χ0n) is 11.1. The van der Waals surface area contributed by atoms with E-state index in [1.165, 1.54) is 18.7 Å². The summed E-state index contributed by atoms with van der Waals surface area (Å²) in [7, 11) is -1.81. The molecule has 0 spiro atoms. The fourth-order valence-corrected chi connectivity index (χ4v) is 1.83. The summed E-state index contributed by atoms with van der Waals surface area (Å²) < 4.78 is 21.6. The summed E-state index contributed by atoms with van der Waals surface area (Å²) in [6, 6.07) is 0. The van der Waals surface area contributed by atoms with Crippen molar-refractivity contribution in [3.05, 3.63) is 0 Å². The van der Waals surface area contributed by atoms with Crippen LogP contribution in [0.3, 0.4) is 0 Å². The molecule has 0 atom stereocenters. The highest BCUT2D eigenvalue weighted by atomic mass is 32.2. The second-order valence-electron chi connectivity index (χ2n) is 4.79. The third-order valence-electron chi connectivity index (χ3n) is 2.94. The van der Waals surface area contributed by atoms with Gasteiger partial charge in [0.15, 0.2) is 9.84 Å². The van der Waals surface area contributed by atoms with Gasteiger partial charge in [0.1, 0.15) is 4.75 Å². The van der Waals surface area contributed by atoms with Gasteiger partial charge in [-0.25, -0.2) is 8.42 Å². The molecule has 0 aliphatic carbocycles. The van der Waals surface area contributed by atoms with Crippen molar-refractivity contribution >= 4 is 15.7 Å². The van der Waals surface area contributed by atoms with E-state index in [-0.39, 0.29) is 12.5 Å². The number of hydrogen-bond acceptors (Lipinski definition) is 4. The second kappa shape index (κ2) is 6.35. The van der Waals surface area contributed by atoms with Crippen LogP contribution in [0.25, 0.3) is 0 Å². The number of carbonyl (C=O) groups is 1. The monoisotopic (exact) mass is 265 g/mol. The van der Waals surface area contributed by atoms with Gasteiger partial charge in [-0.05, 0) is 33.1 Å². The number of amides is 1. The number of aliphatic hydroxyl groups is 1. The van der Waals surface area contributed by atoms with Gasteiger partial charge in [-0.1, -0.05) is 0 Å². The number of sulfone groups is 1. The van der Waals surface area contributed by atoms with Crippen LogP contribution in [-0.4, -0.2) is 55.5 Å². The Morgan fingerprint density at radius 3 is 2.18 bits per heavy atom. The van der Waals surface area contributed by atoms with E-state index in [9.17, 15) is 13.2 Å². The van der Waals surface area contributed by atoms with Crippen LogP contribution in [0.4, 0.5) is 0 Å². The van der Waals surface area contributed by atoms with Crippen molar-refractivity contribution in [2.24, 2.45) is 0 Å². The summed E-state index contributed by atoms with van der Waals surface area (Å²) in [5.41, 5.74) is 0. The minimum Gasteiger partial charge on any atom is -0.396 e. The van der Waals surface area contributed by atoms with E-state index in [4.69, 9.17) is 5.11 Å². The van der Waals surface area contributed by atoms with Crippen molar-refractivity contribution in [1.29, 1.82) is 0 Å². The molecule has 1 N–H and O–H groups in total. The van der Waals surface area contributed by atoms with Crippen LogP contribution < -0.4 is 0 Å². The Bertz CT molecular complexity index is 348. The molecule has 1 amide bonds. The maximum absolute atomic E-state index is 12.0. The average molecular weight is 265 g/mol. The smallest absolute Gasteiger partial charge is 0.243 e. The van der Waals surface area contributed by atoms with Gasteiger partial charge in [0, 0.05) is 26.5 Å². The Morgan fingerprint density at radius 2 is 1.76 bits per heavy atom. The summed E-state index contributed by atoms with van der Waals surface area (Å²) in [6.07, 6.45) is 3.37. The van der Waals surface area contributed by atoms with Gasteiger partial charge in [-0.2, -0.15) is 0 Å². The number of hydrogen-bond donors (Lipinski definition) is 1. The van der Waals surface area contributed by atoms with Crippen molar-refractivity contribution in [3.8, 4) is 0 Å². The Kier molecular flexibility index (Phi) is 6.12. The first-order chi connectivity index (χ1) is 7.64. The minimum atomic E-state index is -3.41. The molecule has 0 saturated carbocycles. The van der Waals surface area contributed by atoms with Crippen LogP contribution in [0.5, 0.6) is 0 Å². The van der Waals surface area contributed by atoms with Gasteiger partial charge >= 0.3 is 0 Å². The number of unbranched alkanes of at least 4 members (excludes halogenated alkanes) is 2. The minimum absolute atomic E-state index is 0.145. The van der Waals surface area contributed by atoms with Gasteiger partial charge in [0.05, 0.1) is 0 Å². The van der Waals surface area contributed by atoms with Gasteiger partial charge in [0.2, 0.25) is 5.91 Å². The van der Waals surface area contributed by atoms with Crippen molar-refractivity contribution in [1.82, 2.24) is 4.90 Å². The first-order valence-electron chi connectivity index (χ1n) is 5.70. The Hall–Kier alpha value is -0.620. The topological polar surface area (TPSA) is 74.7 Å². The van der Waals surface area contributed by atoms with Crippen LogP contribution in [0.2, 0.25) is 0 Å². The SMILES string of the molecule is CN(CCCCCO)C(=O)C(C)(C)S(C)(=O)=O. The summed E-state index contributed by atoms with van der Waals surface area (Å²) in [4.78, 5) is 13.4. The van der Waals surface area contributed by atoms with Gasteiger partial charge in [0.25, 0.3) is 0 Å². The number of aliphatic hydroxyl groups excluding tert-OH is 1. The van der Waals surface area contributed by atoms with E-state index in [1.54, 1.807) is 7.05 Å². The lowest BCUT2D eigenvalue weighted by Gasteiger charge is -2.27. The third-order valence-corrected chi connectivity index (χ3v) is 4.97. The largest absolute Gasteiger partial charge is 0.396 e. The van der Waals surface area contributed by atoms with Crippen molar-refractivity contribution in [3.63, 3.8) is 0 Å². The molecule has 0 rings (SSSR count). The summed E-state index contributed by atoms with van der Waals surface area (Å²) in [5.74, 6) is -0.385. The summed E-state index contributed by atoms with van der Waals surface area (Å²) in [6.45, 7) is 3.51. The van der Waals surface area contributed by atoms with Gasteiger partial charge < -0.3 is 10.0 Å². The molecule has 5 nitrogen and oxygen atoms in total. The molecule has 0 aromatic carbocycles. The fraction of sp³-hybridized carbons (Fsp3) is 0.909. The van der Waals surface area contributed by atoms with Crippen LogP contribution in [0.15, 0.2) is 0 Å². The van der Waals surface area contributed by atoms with E-state index < -0.39 is 14.6 Å². The van der Waals surface area contributed by atoms with E-state index in [0.717, 1.165) is 19.1 Å². The molecule has 0 bridgehead atoms. The lowest BCUT2D eigenvalue weighted by Crippen LogP contribution is -2.48. The molecule has 0 unspecified atom stereocenters. The highest BCUT2D eigenvalue weighted by Gasteiger charge is 2.40. The number of carbonyl (C=O) groups excluding carboxylic acids is 1. The maximum Gasteiger partial charge on any atom is 0.243 e. The first kappa shape index (κ1) is 16.4. The first-order valence-corrected chi connectivity index (χ1v) is 7.59. The quantitative estimate of drug-likeness (QED) is 0.677. The van der Waals surface area contributed by atoms with Crippen LogP contribution >= 0.6 is 0 Å². The number of nitrogens with zero attached hydrogens (tertiary/aromatic N) is 1. The molecule has 102 valence electrons. The average Bonchev–Trinajstić information content (AvgIpc) is 2.21. The lowest BCUT2D eigenvalue weighted by molar-refractivity contribution is -0.131. The molecule has 0 aromatic rings. The zero-order chi connectivity index (χ0) is 13.7. The van der Waals surface area contributed by atoms with Crippen molar-refractivity contribution in [2.75, 3.05) is 26.5 Å². The maximum atomic E-state index is 12.0. The third kappa shape index (κ3) is 4.63. The van der Waals surface area contributed by atoms with Crippen molar-refractivity contribution in [2.45, 2.75) is 37.9 Å². The molecule has 17 heavy (non-hydrogen) atoms. The van der Waals surface area contributed by atoms with Crippen molar-refractivity contribution < 1.29 is 18.3 Å². The molecule has 0 aliphatic rings. The fourth-order valence-electron chi connectivity index (χ4n) is 1.36. The van der Waals surface area contributed by atoms with Gasteiger partial charge in [-0.15, -0.1) is 0 Å². The van der Waals surface area contributed by atoms with E-state index in [2.05, 4.69) is 0 Å². The molecular weight excluding hydrogens is 242 g/mol. The molecule has 0 saturated heterocycles. The second-order valence-corrected chi connectivity index (χ2v) is 7.36. The van der Waals surface area contributed by atoms with Crippen LogP contribution in [0, 0.1) is 0 Å². The highest BCUT2D eigenvalue weighted by Crippen LogP contribution is 2.18. The predicted octanol–water partition coefficient (Wildman–Crippen LogP) is 0.431. The van der Waals surface area contributed by atoms with Gasteiger partial charge in [-0.3, -0.25) is 4.79 Å². The molecular formula is C11H23NO4S. The Labute approximate surface area is 104 Å². The normalized spacial score (nSPS) is 12.5. The van der Waals surface area contributed by atoms with Crippen LogP contribution in [0.1, 0.15) is 33.1 Å². The molecule has 0 aromatic heterocycles.